The van der Waals surface area contributed by atoms with Crippen molar-refractivity contribution in [3.8, 4) is 21.7 Å². The summed E-state index contributed by atoms with van der Waals surface area (Å²) in [6, 6.07) is 15.2. The topological polar surface area (TPSA) is 142 Å². The second-order valence-corrected chi connectivity index (χ2v) is 10.3. The van der Waals surface area contributed by atoms with Gasteiger partial charge in [-0.15, -0.1) is 16.6 Å². The van der Waals surface area contributed by atoms with Crippen LogP contribution in [-0.4, -0.2) is 28.8 Å². The van der Waals surface area contributed by atoms with Gasteiger partial charge < -0.3 is 5.32 Å². The van der Waals surface area contributed by atoms with Crippen molar-refractivity contribution in [1.82, 2.24) is 9.97 Å². The smallest absolute Gasteiger partial charge is 0.238 e. The highest BCUT2D eigenvalue weighted by Gasteiger charge is 2.22. The molecule has 0 spiro atoms. The molecule has 0 atom stereocenters. The second kappa shape index (κ2) is 8.21. The third kappa shape index (κ3) is 4.32. The molecule has 0 saturated carbocycles. The van der Waals surface area contributed by atoms with Gasteiger partial charge in [-0.2, -0.15) is 0 Å². The summed E-state index contributed by atoms with van der Waals surface area (Å²) in [6.07, 6.45) is 3.46. The van der Waals surface area contributed by atoms with Crippen molar-refractivity contribution in [3.63, 3.8) is 0 Å². The Morgan fingerprint density at radius 3 is 2.67 bits per heavy atom. The normalized spacial score (nSPS) is 12.7. The fourth-order valence-electron chi connectivity index (χ4n) is 3.75. The van der Waals surface area contributed by atoms with Crippen LogP contribution >= 0.6 is 11.3 Å². The van der Waals surface area contributed by atoms with Gasteiger partial charge in [-0.25, -0.2) is 23.5 Å². The minimum atomic E-state index is -3.82. The predicted molar refractivity (Wildman–Crippen MR) is 125 cm³/mol. The van der Waals surface area contributed by atoms with Crippen LogP contribution in [0.3, 0.4) is 0 Å². The Balaban J connectivity index is 1.49. The number of benzene rings is 2. The van der Waals surface area contributed by atoms with Crippen molar-refractivity contribution in [1.29, 1.82) is 0 Å². The first kappa shape index (κ1) is 21.5. The first-order chi connectivity index (χ1) is 15.8. The van der Waals surface area contributed by atoms with E-state index in [2.05, 4.69) is 16.4 Å². The van der Waals surface area contributed by atoms with Crippen molar-refractivity contribution in [3.05, 3.63) is 71.2 Å². The van der Waals surface area contributed by atoms with Crippen LogP contribution in [0.1, 0.15) is 10.4 Å². The minimum absolute atomic E-state index is 0.00165. The van der Waals surface area contributed by atoms with Gasteiger partial charge in [0.05, 0.1) is 16.3 Å². The highest BCUT2D eigenvalue weighted by Crippen LogP contribution is 2.42. The quantitative estimate of drug-likeness (QED) is 0.314. The number of thiophene rings is 1. The fourth-order valence-corrected chi connectivity index (χ4v) is 5.47. The molecule has 5 rings (SSSR count). The molecule has 0 aliphatic heterocycles. The number of sulfonamides is 1. The number of fused-ring (bicyclic) bond motifs is 3. The molecule has 1 aliphatic carbocycles. The summed E-state index contributed by atoms with van der Waals surface area (Å²) in [4.78, 5) is 11.3. The van der Waals surface area contributed by atoms with Crippen molar-refractivity contribution >= 4 is 38.7 Å². The van der Waals surface area contributed by atoms with Crippen LogP contribution in [0.4, 0.5) is 17.3 Å². The van der Waals surface area contributed by atoms with Crippen LogP contribution in [-0.2, 0) is 22.9 Å². The molecule has 0 amide bonds. The zero-order valence-corrected chi connectivity index (χ0v) is 18.8. The largest absolute Gasteiger partial charge is 0.324 e. The Kier molecular flexibility index (Phi) is 5.35. The highest BCUT2D eigenvalue weighted by atomic mass is 32.2. The Labute approximate surface area is 193 Å². The lowest BCUT2D eigenvalue weighted by molar-refractivity contribution is 0.0292. The zero-order valence-electron chi connectivity index (χ0n) is 17.1. The summed E-state index contributed by atoms with van der Waals surface area (Å²) in [5.74, 6) is 0.346. The lowest BCUT2D eigenvalue weighted by Gasteiger charge is -2.16. The molecule has 0 unspecified atom stereocenters. The number of rotatable bonds is 5. The van der Waals surface area contributed by atoms with Crippen LogP contribution in [0.25, 0.3) is 21.7 Å². The zero-order chi connectivity index (χ0) is 23.2. The van der Waals surface area contributed by atoms with Crippen LogP contribution in [0.5, 0.6) is 0 Å². The van der Waals surface area contributed by atoms with Gasteiger partial charge >= 0.3 is 0 Å². The maximum atomic E-state index is 11.6. The monoisotopic (exact) mass is 481 g/mol. The SMILES string of the molecule is NS(=O)(=O)c1cccc(Nc2ncc3c(n2)-c2cc(-c4cccc(N(O)O)c4)sc2CC3)c1. The van der Waals surface area contributed by atoms with E-state index in [0.29, 0.717) is 11.6 Å². The van der Waals surface area contributed by atoms with E-state index in [9.17, 15) is 18.8 Å². The molecule has 2 heterocycles. The summed E-state index contributed by atoms with van der Waals surface area (Å²) in [7, 11) is -3.82. The number of anilines is 3. The summed E-state index contributed by atoms with van der Waals surface area (Å²) >= 11 is 1.64. The first-order valence-corrected chi connectivity index (χ1v) is 12.3. The molecule has 4 aromatic rings. The van der Waals surface area contributed by atoms with E-state index in [1.807, 2.05) is 6.07 Å². The number of hydrogen-bond acceptors (Lipinski definition) is 9. The maximum absolute atomic E-state index is 11.6. The standard InChI is InChI=1S/C22H19N5O4S2/c23-33(30,31)17-6-2-4-15(10-17)25-22-24-12-14-7-8-19-18(21(14)26-22)11-20(32-19)13-3-1-5-16(9-13)27(28)29/h1-6,9-12,28-29H,7-8H2,(H2,23,30,31)(H,24,25,26). The van der Waals surface area contributed by atoms with Crippen LogP contribution in [0.2, 0.25) is 0 Å². The van der Waals surface area contributed by atoms with E-state index in [0.717, 1.165) is 40.1 Å². The Morgan fingerprint density at radius 2 is 1.88 bits per heavy atom. The number of primary sulfonamides is 1. The second-order valence-electron chi connectivity index (χ2n) is 7.55. The van der Waals surface area contributed by atoms with Gasteiger partial charge in [0.15, 0.2) is 0 Å². The molecule has 33 heavy (non-hydrogen) atoms. The van der Waals surface area contributed by atoms with Crippen LogP contribution in [0.15, 0.2) is 65.7 Å². The van der Waals surface area contributed by atoms with E-state index in [4.69, 9.17) is 10.1 Å². The fraction of sp³-hybridized carbons (Fsp3) is 0.0909. The van der Waals surface area contributed by atoms with Gasteiger partial charge in [0.1, 0.15) is 0 Å². The number of aromatic nitrogens is 2. The van der Waals surface area contributed by atoms with Gasteiger partial charge in [-0.1, -0.05) is 18.2 Å². The third-order valence-corrected chi connectivity index (χ3v) is 7.49. The molecule has 9 nitrogen and oxygen atoms in total. The van der Waals surface area contributed by atoms with Gasteiger partial charge in [-0.05, 0) is 60.4 Å². The number of nitrogens with one attached hydrogen (secondary N) is 1. The summed E-state index contributed by atoms with van der Waals surface area (Å²) in [5.41, 5.74) is 4.51. The molecular formula is C22H19N5O4S2. The molecule has 0 bridgehead atoms. The predicted octanol–water partition coefficient (Wildman–Crippen LogP) is 3.95. The highest BCUT2D eigenvalue weighted by molar-refractivity contribution is 7.89. The van der Waals surface area contributed by atoms with Gasteiger partial charge in [0, 0.05) is 27.2 Å². The number of nitrogens with zero attached hydrogens (tertiary/aromatic N) is 3. The molecule has 1 aliphatic rings. The summed E-state index contributed by atoms with van der Waals surface area (Å²) in [6.45, 7) is 0. The van der Waals surface area contributed by atoms with E-state index in [1.54, 1.807) is 47.9 Å². The van der Waals surface area contributed by atoms with Gasteiger partial charge in [0.25, 0.3) is 0 Å². The lowest BCUT2D eigenvalue weighted by atomic mass is 9.96. The lowest BCUT2D eigenvalue weighted by Crippen LogP contribution is -2.12. The Bertz CT molecular complexity index is 1470. The van der Waals surface area contributed by atoms with Gasteiger partial charge in [-0.3, -0.25) is 10.4 Å². The van der Waals surface area contributed by atoms with E-state index in [-0.39, 0.29) is 15.8 Å². The number of nitrogens with two attached hydrogens (primary N) is 1. The van der Waals surface area contributed by atoms with Gasteiger partial charge in [0.2, 0.25) is 16.0 Å². The van der Waals surface area contributed by atoms with Crippen LogP contribution in [0, 0.1) is 0 Å². The molecule has 2 aromatic heterocycles. The maximum Gasteiger partial charge on any atom is 0.238 e. The molecule has 0 radical (unpaired) electrons. The van der Waals surface area contributed by atoms with E-state index < -0.39 is 10.0 Å². The van der Waals surface area contributed by atoms with Crippen molar-refractivity contribution in [2.75, 3.05) is 10.5 Å². The van der Waals surface area contributed by atoms with E-state index in [1.165, 1.54) is 17.0 Å². The van der Waals surface area contributed by atoms with Crippen molar-refractivity contribution in [2.45, 2.75) is 17.7 Å². The first-order valence-electron chi connectivity index (χ1n) is 9.95. The summed E-state index contributed by atoms with van der Waals surface area (Å²) in [5, 5.41) is 27.0. The van der Waals surface area contributed by atoms with E-state index >= 15 is 0 Å². The molecular weight excluding hydrogens is 462 g/mol. The van der Waals surface area contributed by atoms with Crippen LogP contribution < -0.4 is 15.7 Å². The molecule has 0 saturated heterocycles. The van der Waals surface area contributed by atoms with Crippen molar-refractivity contribution in [2.24, 2.45) is 5.14 Å². The number of hydrogen-bond donors (Lipinski definition) is 4. The average Bonchev–Trinajstić information content (AvgIpc) is 3.24. The van der Waals surface area contributed by atoms with Crippen molar-refractivity contribution < 1.29 is 18.8 Å². The molecule has 2 aromatic carbocycles. The summed E-state index contributed by atoms with van der Waals surface area (Å²) < 4.78 is 23.3. The number of aryl methyl sites for hydroxylation is 2. The molecule has 168 valence electrons. The molecule has 0 fully saturated rings. The average molecular weight is 482 g/mol. The third-order valence-electron chi connectivity index (χ3n) is 5.33. The molecule has 5 N–H and O–H groups in total. The Morgan fingerprint density at radius 1 is 1.06 bits per heavy atom. The minimum Gasteiger partial charge on any atom is -0.324 e. The molecule has 11 heteroatoms. The Hall–Kier alpha value is -3.35.